The summed E-state index contributed by atoms with van der Waals surface area (Å²) in [6, 6.07) is 8.53. The fourth-order valence-corrected chi connectivity index (χ4v) is 6.70. The zero-order valence-electron chi connectivity index (χ0n) is 28.5. The Bertz CT molecular complexity index is 1210. The van der Waals surface area contributed by atoms with Gasteiger partial charge in [0.05, 0.1) is 9.79 Å². The maximum Gasteiger partial charge on any atom is 2.00 e. The molecule has 0 atom stereocenters. The zero-order valence-corrected chi connectivity index (χ0v) is 31.1. The minimum atomic E-state index is -4.61. The molecule has 0 fully saturated rings. The van der Waals surface area contributed by atoms with Crippen LogP contribution in [-0.2, 0) is 50.1 Å². The summed E-state index contributed by atoms with van der Waals surface area (Å²) in [5, 5.41) is 18.9. The van der Waals surface area contributed by atoms with Crippen LogP contribution >= 0.6 is 0 Å². The van der Waals surface area contributed by atoms with Gasteiger partial charge in [-0.05, 0) is 61.1 Å². The molecule has 0 spiro atoms. The standard InChI is InChI=1S/2C18H30O4S.Cu/c2*1-2-3-4-5-6-7-8-9-10-11-12-16-13-14-17(19)18(15-16)23(20,21)22;/h2*13-15,19H,2-12H2,1H3,(H,20,21,22);/q;;+2/p-2. The molecule has 0 aliphatic rings. The Morgan fingerprint density at radius 3 is 0.979 bits per heavy atom. The van der Waals surface area contributed by atoms with Crippen molar-refractivity contribution in [3.05, 3.63) is 47.5 Å². The van der Waals surface area contributed by atoms with Gasteiger partial charge in [-0.1, -0.05) is 142 Å². The van der Waals surface area contributed by atoms with Gasteiger partial charge in [-0.3, -0.25) is 0 Å². The van der Waals surface area contributed by atoms with E-state index < -0.39 is 41.5 Å². The Morgan fingerprint density at radius 2 is 0.723 bits per heavy atom. The van der Waals surface area contributed by atoms with Gasteiger partial charge in [0.25, 0.3) is 0 Å². The van der Waals surface area contributed by atoms with Crippen molar-refractivity contribution in [2.45, 2.75) is 165 Å². The van der Waals surface area contributed by atoms with Crippen LogP contribution in [0, 0.1) is 0 Å². The van der Waals surface area contributed by atoms with Crippen molar-refractivity contribution in [2.75, 3.05) is 0 Å². The fraction of sp³-hybridized carbons (Fsp3) is 0.667. The Morgan fingerprint density at radius 1 is 0.468 bits per heavy atom. The van der Waals surface area contributed by atoms with E-state index in [1.54, 1.807) is 12.1 Å². The number of phenols is 2. The number of benzene rings is 2. The number of hydrogen-bond donors (Lipinski definition) is 2. The first kappa shape index (κ1) is 45.4. The van der Waals surface area contributed by atoms with Crippen LogP contribution in [0.3, 0.4) is 0 Å². The van der Waals surface area contributed by atoms with Gasteiger partial charge in [-0.2, -0.15) is 0 Å². The second kappa shape index (κ2) is 26.3. The summed E-state index contributed by atoms with van der Waals surface area (Å²) in [6.45, 7) is 4.45. The number of aromatic hydroxyl groups is 2. The molecule has 11 heteroatoms. The Labute approximate surface area is 296 Å². The zero-order chi connectivity index (χ0) is 34.3. The molecule has 0 aliphatic carbocycles. The van der Waals surface area contributed by atoms with Gasteiger partial charge in [-0.15, -0.1) is 0 Å². The molecule has 0 aliphatic heterocycles. The normalized spacial score (nSPS) is 11.5. The van der Waals surface area contributed by atoms with Gasteiger partial charge in [0.15, 0.2) is 0 Å². The first-order valence-corrected chi connectivity index (χ1v) is 20.3. The van der Waals surface area contributed by atoms with Crippen LogP contribution in [-0.4, -0.2) is 36.2 Å². The van der Waals surface area contributed by atoms with Crippen LogP contribution in [0.15, 0.2) is 46.2 Å². The SMILES string of the molecule is CCCCCCCCCCCCc1ccc(O)c(S(=O)(=O)[O-])c1.CCCCCCCCCCCCc1ccc(O)c(S(=O)(=O)[O-])c1.[Cu+2]. The van der Waals surface area contributed by atoms with E-state index in [4.69, 9.17) is 0 Å². The number of hydrogen-bond acceptors (Lipinski definition) is 8. The minimum absolute atomic E-state index is 0. The summed E-state index contributed by atoms with van der Waals surface area (Å²) >= 11 is 0. The maximum atomic E-state index is 11.0. The third-order valence-corrected chi connectivity index (χ3v) is 9.96. The predicted molar refractivity (Wildman–Crippen MR) is 183 cm³/mol. The van der Waals surface area contributed by atoms with E-state index in [-0.39, 0.29) is 17.1 Å². The van der Waals surface area contributed by atoms with E-state index in [1.165, 1.54) is 127 Å². The van der Waals surface area contributed by atoms with Crippen molar-refractivity contribution >= 4 is 20.2 Å². The van der Waals surface area contributed by atoms with E-state index in [0.717, 1.165) is 49.7 Å². The van der Waals surface area contributed by atoms with Gasteiger partial charge < -0.3 is 19.3 Å². The van der Waals surface area contributed by atoms with Crippen molar-refractivity contribution in [1.29, 1.82) is 0 Å². The van der Waals surface area contributed by atoms with Crippen molar-refractivity contribution in [3.8, 4) is 11.5 Å². The van der Waals surface area contributed by atoms with Gasteiger partial charge >= 0.3 is 17.1 Å². The molecule has 47 heavy (non-hydrogen) atoms. The number of phenolic OH excluding ortho intramolecular Hbond substituents is 2. The predicted octanol–water partition coefficient (Wildman–Crippen LogP) is 9.52. The largest absolute Gasteiger partial charge is 2.00 e. The van der Waals surface area contributed by atoms with E-state index >= 15 is 0 Å². The molecule has 2 aromatic rings. The molecule has 0 heterocycles. The molecule has 273 valence electrons. The molecule has 0 bridgehead atoms. The van der Waals surface area contributed by atoms with Crippen molar-refractivity contribution in [3.63, 3.8) is 0 Å². The molecule has 1 radical (unpaired) electrons. The summed E-state index contributed by atoms with van der Waals surface area (Å²) in [6.07, 6.45) is 26.4. The first-order chi connectivity index (χ1) is 21.9. The number of unbranched alkanes of at least 4 members (excludes halogenated alkanes) is 18. The van der Waals surface area contributed by atoms with E-state index in [1.807, 2.05) is 0 Å². The van der Waals surface area contributed by atoms with Crippen molar-refractivity contribution in [2.24, 2.45) is 0 Å². The Hall–Kier alpha value is -1.62. The molecule has 0 saturated carbocycles. The van der Waals surface area contributed by atoms with Gasteiger partial charge in [0.2, 0.25) is 0 Å². The van der Waals surface area contributed by atoms with Gasteiger partial charge in [0.1, 0.15) is 31.7 Å². The van der Waals surface area contributed by atoms with Crippen molar-refractivity contribution < 1.29 is 53.2 Å². The molecular weight excluding hydrogens is 688 g/mol. The summed E-state index contributed by atoms with van der Waals surface area (Å²) < 4.78 is 66.2. The summed E-state index contributed by atoms with van der Waals surface area (Å²) in [5.41, 5.74) is 1.58. The molecule has 0 aromatic heterocycles. The second-order valence-corrected chi connectivity index (χ2v) is 15.1. The summed E-state index contributed by atoms with van der Waals surface area (Å²) in [4.78, 5) is -1.02. The molecule has 0 unspecified atom stereocenters. The fourth-order valence-electron chi connectivity index (χ4n) is 5.46. The van der Waals surface area contributed by atoms with Crippen LogP contribution in [0.25, 0.3) is 0 Å². The third-order valence-electron chi connectivity index (χ3n) is 8.23. The molecule has 2 aromatic carbocycles. The van der Waals surface area contributed by atoms with Crippen LogP contribution in [0.1, 0.15) is 153 Å². The van der Waals surface area contributed by atoms with Crippen LogP contribution in [0.2, 0.25) is 0 Å². The molecule has 2 N–H and O–H groups in total. The average molecular weight is 747 g/mol. The smallest absolute Gasteiger partial charge is 0.744 e. The molecular formula is C36H58CuO8S2. The van der Waals surface area contributed by atoms with Crippen LogP contribution in [0.5, 0.6) is 11.5 Å². The third kappa shape index (κ3) is 21.9. The molecule has 0 amide bonds. The van der Waals surface area contributed by atoms with E-state index in [9.17, 15) is 36.2 Å². The maximum absolute atomic E-state index is 11.0. The summed E-state index contributed by atoms with van der Waals surface area (Å²) in [5.74, 6) is -0.932. The van der Waals surface area contributed by atoms with Gasteiger partial charge in [0, 0.05) is 0 Å². The molecule has 0 saturated heterocycles. The van der Waals surface area contributed by atoms with Crippen molar-refractivity contribution in [1.82, 2.24) is 0 Å². The summed E-state index contributed by atoms with van der Waals surface area (Å²) in [7, 11) is -9.22. The topological polar surface area (TPSA) is 155 Å². The van der Waals surface area contributed by atoms with E-state index in [0.29, 0.717) is 0 Å². The molecule has 2 rings (SSSR count). The number of aryl methyl sites for hydroxylation is 2. The van der Waals surface area contributed by atoms with Crippen LogP contribution in [0.4, 0.5) is 0 Å². The quantitative estimate of drug-likeness (QED) is 0.0612. The monoisotopic (exact) mass is 745 g/mol. The van der Waals surface area contributed by atoms with Gasteiger partial charge in [-0.25, -0.2) is 16.8 Å². The van der Waals surface area contributed by atoms with E-state index in [2.05, 4.69) is 13.8 Å². The second-order valence-electron chi connectivity index (χ2n) is 12.4. The first-order valence-electron chi connectivity index (χ1n) is 17.5. The number of rotatable bonds is 24. The van der Waals surface area contributed by atoms with Crippen LogP contribution < -0.4 is 0 Å². The minimum Gasteiger partial charge on any atom is -0.744 e. The average Bonchev–Trinajstić information content (AvgIpc) is 2.99. The molecule has 8 nitrogen and oxygen atoms in total. The Kier molecular flexibility index (Phi) is 25.4. The Balaban J connectivity index is 0.000000882.